The monoisotopic (exact) mass is 354 g/mol. The number of carbonyl (C=O) groups excluding carboxylic acids is 3. The first-order chi connectivity index (χ1) is 12.5. The van der Waals surface area contributed by atoms with Crippen LogP contribution in [0.1, 0.15) is 59.7 Å². The van der Waals surface area contributed by atoms with Gasteiger partial charge in [-0.2, -0.15) is 0 Å². The molecule has 4 fully saturated rings. The predicted molar refractivity (Wildman–Crippen MR) is 97.9 cm³/mol. The van der Waals surface area contributed by atoms with Crippen LogP contribution in [0.4, 0.5) is 0 Å². The Morgan fingerprint density at radius 3 is 2.54 bits per heavy atom. The zero-order valence-corrected chi connectivity index (χ0v) is 15.3. The molecule has 5 nitrogen and oxygen atoms in total. The summed E-state index contributed by atoms with van der Waals surface area (Å²) in [5.41, 5.74) is 1.09. The van der Waals surface area contributed by atoms with Crippen LogP contribution in [0.5, 0.6) is 0 Å². The van der Waals surface area contributed by atoms with Gasteiger partial charge in [-0.3, -0.25) is 14.4 Å². The zero-order valence-electron chi connectivity index (χ0n) is 15.3. The summed E-state index contributed by atoms with van der Waals surface area (Å²) in [6.45, 7) is 3.48. The molecule has 3 aliphatic heterocycles. The molecule has 138 valence electrons. The Balaban J connectivity index is 1.53. The van der Waals surface area contributed by atoms with Gasteiger partial charge in [0.05, 0.1) is 5.92 Å². The molecule has 5 rings (SSSR count). The maximum Gasteiger partial charge on any atom is 0.253 e. The molecular weight excluding hydrogens is 328 g/mol. The van der Waals surface area contributed by atoms with Crippen LogP contribution in [-0.4, -0.2) is 53.1 Å². The van der Waals surface area contributed by atoms with Crippen molar-refractivity contribution >= 4 is 17.6 Å². The molecule has 0 aromatic heterocycles. The topological polar surface area (TPSA) is 57.7 Å². The second-order valence-corrected chi connectivity index (χ2v) is 8.06. The first kappa shape index (κ1) is 17.3. The lowest BCUT2D eigenvalue weighted by molar-refractivity contribution is -0.141. The lowest BCUT2D eigenvalue weighted by Gasteiger charge is -2.40. The Morgan fingerprint density at radius 1 is 1.08 bits per heavy atom. The van der Waals surface area contributed by atoms with E-state index in [0.29, 0.717) is 30.1 Å². The van der Waals surface area contributed by atoms with E-state index in [9.17, 15) is 14.4 Å². The van der Waals surface area contributed by atoms with Crippen molar-refractivity contribution in [1.82, 2.24) is 9.80 Å². The number of carbonyl (C=O) groups is 3. The molecule has 26 heavy (non-hydrogen) atoms. The molecule has 1 aliphatic carbocycles. The minimum absolute atomic E-state index is 0.0440. The summed E-state index contributed by atoms with van der Waals surface area (Å²) >= 11 is 0. The van der Waals surface area contributed by atoms with Gasteiger partial charge in [0, 0.05) is 36.8 Å². The third-order valence-corrected chi connectivity index (χ3v) is 6.28. The van der Waals surface area contributed by atoms with Crippen LogP contribution in [0.2, 0.25) is 0 Å². The van der Waals surface area contributed by atoms with Crippen LogP contribution in [0.25, 0.3) is 0 Å². The molecule has 3 saturated heterocycles. The highest BCUT2D eigenvalue weighted by atomic mass is 16.2. The van der Waals surface area contributed by atoms with Gasteiger partial charge in [0.25, 0.3) is 5.91 Å². The number of hydrogen-bond acceptors (Lipinski definition) is 3. The standard InChI is InChI=1S/C21H26N2O3/c1-14(24)16-6-3-7-17(10-16)20(25)22-12-18-8-9-19(13-22)23(21(18)26)11-15-4-2-5-15/h3,6-7,10,15,18-19H,2,4-5,8-9,11-13H2,1H3/t18-,19+/m0/s1. The summed E-state index contributed by atoms with van der Waals surface area (Å²) in [5.74, 6) is 0.699. The molecule has 2 atom stereocenters. The van der Waals surface area contributed by atoms with E-state index in [-0.39, 0.29) is 29.6 Å². The van der Waals surface area contributed by atoms with Crippen molar-refractivity contribution in [3.05, 3.63) is 35.4 Å². The predicted octanol–water partition coefficient (Wildman–Crippen LogP) is 2.75. The van der Waals surface area contributed by atoms with Gasteiger partial charge in [0.1, 0.15) is 0 Å². The summed E-state index contributed by atoms with van der Waals surface area (Å²) < 4.78 is 0. The van der Waals surface area contributed by atoms with E-state index in [4.69, 9.17) is 0 Å². The van der Waals surface area contributed by atoms with Gasteiger partial charge in [-0.05, 0) is 50.7 Å². The van der Waals surface area contributed by atoms with Crippen molar-refractivity contribution in [1.29, 1.82) is 0 Å². The molecule has 0 spiro atoms. The molecule has 1 aromatic carbocycles. The van der Waals surface area contributed by atoms with E-state index >= 15 is 0 Å². The number of Topliss-reactive ketones (excluding diaryl/α,β-unsaturated/α-hetero) is 1. The second kappa shape index (κ2) is 6.86. The summed E-state index contributed by atoms with van der Waals surface area (Å²) in [7, 11) is 0. The molecule has 0 N–H and O–H groups in total. The fraction of sp³-hybridized carbons (Fsp3) is 0.571. The van der Waals surface area contributed by atoms with E-state index < -0.39 is 0 Å². The number of rotatable bonds is 4. The number of hydrogen-bond donors (Lipinski definition) is 0. The Bertz CT molecular complexity index is 741. The van der Waals surface area contributed by atoms with E-state index in [1.54, 1.807) is 24.3 Å². The van der Waals surface area contributed by atoms with Crippen molar-refractivity contribution in [2.75, 3.05) is 19.6 Å². The van der Waals surface area contributed by atoms with Crippen LogP contribution in [0.3, 0.4) is 0 Å². The molecule has 0 unspecified atom stereocenters. The first-order valence-corrected chi connectivity index (χ1v) is 9.73. The summed E-state index contributed by atoms with van der Waals surface area (Å²) in [5, 5.41) is 0. The van der Waals surface area contributed by atoms with Crippen molar-refractivity contribution in [2.24, 2.45) is 11.8 Å². The highest BCUT2D eigenvalue weighted by Gasteiger charge is 2.43. The van der Waals surface area contributed by atoms with E-state index in [1.165, 1.54) is 26.2 Å². The molecule has 3 heterocycles. The summed E-state index contributed by atoms with van der Waals surface area (Å²) in [6, 6.07) is 7.06. The quantitative estimate of drug-likeness (QED) is 0.781. The first-order valence-electron chi connectivity index (χ1n) is 9.73. The second-order valence-electron chi connectivity index (χ2n) is 8.06. The fourth-order valence-electron chi connectivity index (χ4n) is 4.45. The highest BCUT2D eigenvalue weighted by Crippen LogP contribution is 2.34. The largest absolute Gasteiger partial charge is 0.337 e. The van der Waals surface area contributed by atoms with Crippen LogP contribution in [-0.2, 0) is 4.79 Å². The average molecular weight is 354 g/mol. The normalized spacial score (nSPS) is 25.8. The van der Waals surface area contributed by atoms with Crippen molar-refractivity contribution < 1.29 is 14.4 Å². The van der Waals surface area contributed by atoms with Gasteiger partial charge in [-0.15, -0.1) is 0 Å². The van der Waals surface area contributed by atoms with Crippen LogP contribution in [0, 0.1) is 11.8 Å². The number of ketones is 1. The van der Waals surface area contributed by atoms with Crippen LogP contribution < -0.4 is 0 Å². The van der Waals surface area contributed by atoms with Crippen molar-refractivity contribution in [3.63, 3.8) is 0 Å². The number of benzene rings is 1. The summed E-state index contributed by atoms with van der Waals surface area (Å²) in [6.07, 6.45) is 5.59. The number of nitrogens with zero attached hydrogens (tertiary/aromatic N) is 2. The van der Waals surface area contributed by atoms with Gasteiger partial charge in [-0.1, -0.05) is 18.6 Å². The van der Waals surface area contributed by atoms with Gasteiger partial charge in [-0.25, -0.2) is 0 Å². The third-order valence-electron chi connectivity index (χ3n) is 6.28. The maximum atomic E-state index is 13.0. The van der Waals surface area contributed by atoms with Gasteiger partial charge in [0.2, 0.25) is 5.91 Å². The molecule has 0 radical (unpaired) electrons. The van der Waals surface area contributed by atoms with Crippen LogP contribution in [0.15, 0.2) is 24.3 Å². The molecule has 4 aliphatic rings. The Hall–Kier alpha value is -2.17. The van der Waals surface area contributed by atoms with Gasteiger partial charge >= 0.3 is 0 Å². The summed E-state index contributed by atoms with van der Waals surface area (Å²) in [4.78, 5) is 41.4. The molecular formula is C21H26N2O3. The lowest BCUT2D eigenvalue weighted by atomic mass is 9.83. The Kier molecular flexibility index (Phi) is 4.55. The number of amides is 2. The number of fused-ring (bicyclic) bond motifs is 4. The van der Waals surface area contributed by atoms with Gasteiger partial charge < -0.3 is 9.80 Å². The number of piperidine rings is 1. The van der Waals surface area contributed by atoms with Crippen molar-refractivity contribution in [2.45, 2.75) is 45.1 Å². The van der Waals surface area contributed by atoms with Crippen LogP contribution >= 0.6 is 0 Å². The molecule has 5 heteroatoms. The third kappa shape index (κ3) is 3.15. The maximum absolute atomic E-state index is 13.0. The average Bonchev–Trinajstić information content (AvgIpc) is 2.89. The minimum atomic E-state index is -0.0752. The van der Waals surface area contributed by atoms with Gasteiger partial charge in [0.15, 0.2) is 5.78 Å². The fourth-order valence-corrected chi connectivity index (χ4v) is 4.45. The molecule has 1 saturated carbocycles. The van der Waals surface area contributed by atoms with Crippen molar-refractivity contribution in [3.8, 4) is 0 Å². The van der Waals surface area contributed by atoms with E-state index in [2.05, 4.69) is 4.90 Å². The molecule has 2 amide bonds. The van der Waals surface area contributed by atoms with E-state index in [0.717, 1.165) is 19.4 Å². The molecule has 1 aromatic rings. The zero-order chi connectivity index (χ0) is 18.3. The molecule has 2 bridgehead atoms. The lowest BCUT2D eigenvalue weighted by Crippen LogP contribution is -2.50. The Morgan fingerprint density at radius 2 is 1.85 bits per heavy atom. The van der Waals surface area contributed by atoms with E-state index in [1.807, 2.05) is 4.90 Å². The highest BCUT2D eigenvalue weighted by molar-refractivity contribution is 6.00. The SMILES string of the molecule is CC(=O)c1cccc(C(=O)N2C[C@@H]3CC[C@H](C2)N(CC2CCC2)C3=O)c1. The smallest absolute Gasteiger partial charge is 0.253 e. The minimum Gasteiger partial charge on any atom is -0.337 e. The Labute approximate surface area is 154 Å².